The smallest absolute Gasteiger partial charge is 0.391 e. The van der Waals surface area contributed by atoms with E-state index in [4.69, 9.17) is 19.7 Å². The minimum atomic E-state index is -4.53. The summed E-state index contributed by atoms with van der Waals surface area (Å²) in [6.07, 6.45) is -5.73. The van der Waals surface area contributed by atoms with Crippen LogP contribution in [0.1, 0.15) is 89.8 Å². The van der Waals surface area contributed by atoms with E-state index in [1.165, 1.54) is 52.7 Å². The number of halogens is 6. The fraction of sp³-hybridized carbons (Fsp3) is 0.532. The number of anilines is 5. The second-order valence-electron chi connectivity index (χ2n) is 18.4. The number of aliphatic hydroxyl groups excluding tert-OH is 4. The zero-order chi connectivity index (χ0) is 53.6. The first-order valence-electron chi connectivity index (χ1n) is 23.7. The Balaban J connectivity index is 0.000000216. The molecule has 0 radical (unpaired) electrons. The number of nitrogens with zero attached hydrogens (tertiary/aromatic N) is 10. The van der Waals surface area contributed by atoms with E-state index in [-0.39, 0.29) is 65.8 Å². The fourth-order valence-corrected chi connectivity index (χ4v) is 8.62. The average molecular weight is 1050 g/mol. The SMILES string of the molecule is C[C@@H](CC(=O)c1ncc2c(n1)N(C(=O)Nc1ccc(OC[C@@H](O)CO)cn1)[C@H]1CCCN2C1)C(F)(F)F.Cc1nc(C(=O)C[C@H](C)C(F)(F)F)nc2c1N1CCC[C@@H](C1)N2C(=O)c1ccc(OC[C@@H](O)CO)cn1. The zero-order valence-electron chi connectivity index (χ0n) is 40.4. The van der Waals surface area contributed by atoms with Crippen LogP contribution in [0, 0.1) is 18.8 Å². The molecule has 6 atom stereocenters. The first-order chi connectivity index (χ1) is 35.1. The van der Waals surface area contributed by atoms with Crippen molar-refractivity contribution in [3.05, 3.63) is 65.9 Å². The van der Waals surface area contributed by atoms with Crippen molar-refractivity contribution < 1.29 is 75.4 Å². The van der Waals surface area contributed by atoms with Gasteiger partial charge in [0.25, 0.3) is 5.91 Å². The Bertz CT molecular complexity index is 2650. The number of hydrogen-bond acceptors (Lipinski definition) is 18. The monoisotopic (exact) mass is 1050 g/mol. The molecule has 4 aromatic rings. The van der Waals surface area contributed by atoms with Crippen molar-refractivity contribution in [2.45, 2.75) is 95.9 Å². The second-order valence-corrected chi connectivity index (χ2v) is 18.4. The van der Waals surface area contributed by atoms with Gasteiger partial charge in [-0.15, -0.1) is 0 Å². The molecule has 2 saturated heterocycles. The van der Waals surface area contributed by atoms with Crippen molar-refractivity contribution in [3.8, 4) is 11.5 Å². The Labute approximate surface area is 419 Å². The number of amides is 3. The number of nitrogens with one attached hydrogen (secondary N) is 1. The highest BCUT2D eigenvalue weighted by Gasteiger charge is 2.44. The van der Waals surface area contributed by atoms with Crippen molar-refractivity contribution in [3.63, 3.8) is 0 Å². The lowest BCUT2D eigenvalue weighted by atomic mass is 9.98. The van der Waals surface area contributed by atoms with Gasteiger partial charge in [0.05, 0.1) is 67.1 Å². The topological polar surface area (TPSA) is 270 Å². The number of pyridine rings is 2. The van der Waals surface area contributed by atoms with Crippen LogP contribution in [-0.2, 0) is 0 Å². The molecule has 21 nitrogen and oxygen atoms in total. The maximum absolute atomic E-state index is 13.6. The number of ketones is 2. The Kier molecular flexibility index (Phi) is 17.2. The predicted octanol–water partition coefficient (Wildman–Crippen LogP) is 4.71. The molecule has 400 valence electrons. The van der Waals surface area contributed by atoms with Gasteiger partial charge in [-0.1, -0.05) is 13.8 Å². The highest BCUT2D eigenvalue weighted by Crippen LogP contribution is 2.42. The van der Waals surface area contributed by atoms with Gasteiger partial charge >= 0.3 is 18.4 Å². The normalized spacial score (nSPS) is 18.7. The van der Waals surface area contributed by atoms with Crippen LogP contribution in [0.2, 0.25) is 0 Å². The van der Waals surface area contributed by atoms with Crippen molar-refractivity contribution in [1.29, 1.82) is 0 Å². The van der Waals surface area contributed by atoms with Gasteiger partial charge in [0.2, 0.25) is 11.6 Å². The predicted molar refractivity (Wildman–Crippen MR) is 252 cm³/mol. The number of aliphatic hydroxyl groups is 4. The number of fused-ring (bicyclic) bond motifs is 8. The summed E-state index contributed by atoms with van der Waals surface area (Å²) in [5.41, 5.74) is 1.58. The van der Waals surface area contributed by atoms with E-state index in [2.05, 4.69) is 35.2 Å². The minimum absolute atomic E-state index is 0.0786. The Morgan fingerprint density at radius 1 is 0.703 bits per heavy atom. The van der Waals surface area contributed by atoms with Crippen LogP contribution in [0.5, 0.6) is 11.5 Å². The number of aryl methyl sites for hydroxylation is 1. The Morgan fingerprint density at radius 3 is 1.80 bits per heavy atom. The second kappa shape index (κ2) is 23.1. The molecule has 0 aromatic carbocycles. The van der Waals surface area contributed by atoms with Crippen LogP contribution >= 0.6 is 0 Å². The highest BCUT2D eigenvalue weighted by atomic mass is 19.4. The van der Waals surface area contributed by atoms with E-state index in [0.717, 1.165) is 26.7 Å². The number of ether oxygens (including phenoxy) is 2. The van der Waals surface area contributed by atoms with Gasteiger partial charge in [0.15, 0.2) is 23.3 Å². The lowest BCUT2D eigenvalue weighted by molar-refractivity contribution is -0.169. The van der Waals surface area contributed by atoms with E-state index in [1.807, 2.05) is 9.80 Å². The molecule has 4 aromatic heterocycles. The summed E-state index contributed by atoms with van der Waals surface area (Å²) in [4.78, 5) is 84.2. The van der Waals surface area contributed by atoms with Gasteiger partial charge in [-0.25, -0.2) is 34.7 Å². The van der Waals surface area contributed by atoms with Crippen molar-refractivity contribution in [2.24, 2.45) is 11.8 Å². The standard InChI is InChI=1S/C24H28F3N5O5.C23H27F3N6O5/c1-13(24(25,26)27)8-19(35)21-29-14(2)20-22(30-21)32(15-4-3-7-31(20)10-15)23(36)18-6-5-17(9-28-18)37-12-16(34)11-33;1-13(23(24,25)26)7-18(35)20-28-9-17-21(30-20)32(14-3-2-6-31(17)10-14)22(36)29-19-5-4-16(8-27-19)37-12-15(34)11-33/h5-6,9,13,15-16,33-34H,3-4,7-8,10-12H2,1-2H3;4-5,8-9,13-15,33-34H,2-3,6-7,10-12H2,1H3,(H,27,29,36)/t13-,15-,16-;13-,14-,15-/m00/s1. The molecule has 5 N–H and O–H groups in total. The number of rotatable bonds is 16. The molecule has 2 fully saturated rings. The first-order valence-corrected chi connectivity index (χ1v) is 23.7. The van der Waals surface area contributed by atoms with Gasteiger partial charge in [-0.05, 0) is 56.9 Å². The average Bonchev–Trinajstić information content (AvgIpc) is 3.37. The largest absolute Gasteiger partial charge is 0.489 e. The van der Waals surface area contributed by atoms with Crippen molar-refractivity contribution in [1.82, 2.24) is 29.9 Å². The molecule has 74 heavy (non-hydrogen) atoms. The molecular weight excluding hydrogens is 993 g/mol. The number of carbonyl (C=O) groups is 4. The van der Waals surface area contributed by atoms with E-state index >= 15 is 0 Å². The van der Waals surface area contributed by atoms with E-state index in [1.54, 1.807) is 6.92 Å². The first kappa shape index (κ1) is 54.9. The van der Waals surface area contributed by atoms with Crippen LogP contribution in [0.25, 0.3) is 0 Å². The van der Waals surface area contributed by atoms with Gasteiger partial charge in [-0.3, -0.25) is 29.5 Å². The van der Waals surface area contributed by atoms with Gasteiger partial charge < -0.3 is 39.7 Å². The van der Waals surface area contributed by atoms with Crippen LogP contribution in [-0.4, -0.2) is 163 Å². The number of alkyl halides is 6. The fourth-order valence-electron chi connectivity index (χ4n) is 8.62. The number of piperidine rings is 2. The summed E-state index contributed by atoms with van der Waals surface area (Å²) in [5, 5.41) is 39.2. The molecule has 0 spiro atoms. The molecular formula is C47H55F6N11O10. The molecule has 0 saturated carbocycles. The molecule has 4 aliphatic rings. The summed E-state index contributed by atoms with van der Waals surface area (Å²) in [6, 6.07) is 4.87. The number of urea groups is 1. The number of Topliss-reactive ketones (excluding diaryl/α,β-unsaturated/α-hetero) is 2. The summed E-state index contributed by atoms with van der Waals surface area (Å²) >= 11 is 0. The minimum Gasteiger partial charge on any atom is -0.489 e. The van der Waals surface area contributed by atoms with Crippen molar-refractivity contribution in [2.75, 3.05) is 77.5 Å². The molecule has 4 bridgehead atoms. The summed E-state index contributed by atoms with van der Waals surface area (Å²) in [7, 11) is 0. The Hall–Kier alpha value is -6.84. The molecule has 8 rings (SSSR count). The lowest BCUT2D eigenvalue weighted by Crippen LogP contribution is -2.56. The Morgan fingerprint density at radius 2 is 1.24 bits per heavy atom. The van der Waals surface area contributed by atoms with Gasteiger partial charge in [0, 0.05) is 39.0 Å². The van der Waals surface area contributed by atoms with Crippen LogP contribution in [0.3, 0.4) is 0 Å². The molecule has 8 heterocycles. The molecule has 0 unspecified atom stereocenters. The molecule has 3 amide bonds. The maximum Gasteiger partial charge on any atom is 0.391 e. The summed E-state index contributed by atoms with van der Waals surface area (Å²) in [6.45, 7) is 4.77. The third-order valence-corrected chi connectivity index (χ3v) is 12.7. The number of hydrogen-bond donors (Lipinski definition) is 5. The quantitative estimate of drug-likeness (QED) is 0.0751. The zero-order valence-corrected chi connectivity index (χ0v) is 40.4. The number of carbonyl (C=O) groups excluding carboxylic acids is 4. The maximum atomic E-state index is 13.6. The highest BCUT2D eigenvalue weighted by molar-refractivity contribution is 6.08. The van der Waals surface area contributed by atoms with Crippen LogP contribution < -0.4 is 34.4 Å². The summed E-state index contributed by atoms with van der Waals surface area (Å²) < 4.78 is 88.6. The molecule has 27 heteroatoms. The van der Waals surface area contributed by atoms with Gasteiger partial charge in [0.1, 0.15) is 54.1 Å². The van der Waals surface area contributed by atoms with E-state index in [9.17, 15) is 55.7 Å². The van der Waals surface area contributed by atoms with Crippen LogP contribution in [0.4, 0.5) is 60.0 Å². The lowest BCUT2D eigenvalue weighted by Gasteiger charge is -2.46. The van der Waals surface area contributed by atoms with E-state index in [0.29, 0.717) is 61.8 Å². The third kappa shape index (κ3) is 12.9. The summed E-state index contributed by atoms with van der Waals surface area (Å²) in [5.74, 6) is -5.48. The number of aromatic nitrogens is 6. The van der Waals surface area contributed by atoms with Crippen molar-refractivity contribution >= 4 is 52.3 Å². The molecule has 0 aliphatic carbocycles. The van der Waals surface area contributed by atoms with E-state index < -0.39 is 86.0 Å². The van der Waals surface area contributed by atoms with Crippen LogP contribution in [0.15, 0.2) is 42.9 Å². The third-order valence-electron chi connectivity index (χ3n) is 12.7. The molecule has 4 aliphatic heterocycles. The van der Waals surface area contributed by atoms with Gasteiger partial charge in [-0.2, -0.15) is 26.3 Å².